The van der Waals surface area contributed by atoms with Crippen molar-refractivity contribution in [3.63, 3.8) is 0 Å². The van der Waals surface area contributed by atoms with Gasteiger partial charge in [0.05, 0.1) is 11.2 Å². The van der Waals surface area contributed by atoms with Crippen LogP contribution < -0.4 is 17.2 Å². The van der Waals surface area contributed by atoms with Gasteiger partial charge >= 0.3 is 0 Å². The molecule has 3 rings (SSSR count). The van der Waals surface area contributed by atoms with Gasteiger partial charge in [-0.3, -0.25) is 10.2 Å². The lowest BCUT2D eigenvalue weighted by Crippen LogP contribution is -2.40. The zero-order valence-electron chi connectivity index (χ0n) is 17.6. The first-order valence-electron chi connectivity index (χ1n) is 10.6. The monoisotopic (exact) mass is 398 g/mol. The number of aromatic nitrogens is 1. The summed E-state index contributed by atoms with van der Waals surface area (Å²) < 4.78 is 2.03. The Balaban J connectivity index is 1.99. The Kier molecular flexibility index (Phi) is 6.47. The molecule has 0 aliphatic carbocycles. The summed E-state index contributed by atoms with van der Waals surface area (Å²) in [6, 6.07) is 5.54. The molecule has 1 amide bonds. The number of carbonyl (C=O) groups excluding carboxylic acids is 1. The molecule has 1 saturated heterocycles. The van der Waals surface area contributed by atoms with Gasteiger partial charge in [-0.25, -0.2) is 0 Å². The molecule has 2 aromatic rings. The molecule has 1 fully saturated rings. The quantitative estimate of drug-likeness (QED) is 0.422. The molecule has 1 aliphatic heterocycles. The van der Waals surface area contributed by atoms with E-state index in [0.717, 1.165) is 49.7 Å². The highest BCUT2D eigenvalue weighted by molar-refractivity contribution is 6.09. The van der Waals surface area contributed by atoms with Crippen molar-refractivity contribution in [1.29, 1.82) is 5.41 Å². The summed E-state index contributed by atoms with van der Waals surface area (Å²) in [6.45, 7) is 7.23. The van der Waals surface area contributed by atoms with Crippen molar-refractivity contribution in [2.45, 2.75) is 46.1 Å². The van der Waals surface area contributed by atoms with Crippen molar-refractivity contribution < 1.29 is 4.79 Å². The summed E-state index contributed by atoms with van der Waals surface area (Å²) in [5.74, 6) is 1.11. The lowest BCUT2D eigenvalue weighted by Gasteiger charge is -2.32. The predicted molar refractivity (Wildman–Crippen MR) is 119 cm³/mol. The number of aryl methyl sites for hydroxylation is 1. The summed E-state index contributed by atoms with van der Waals surface area (Å²) >= 11 is 0. The second-order valence-corrected chi connectivity index (χ2v) is 8.55. The van der Waals surface area contributed by atoms with E-state index >= 15 is 0 Å². The van der Waals surface area contributed by atoms with Crippen molar-refractivity contribution >= 4 is 28.3 Å². The van der Waals surface area contributed by atoms with Gasteiger partial charge in [0.1, 0.15) is 11.5 Å². The van der Waals surface area contributed by atoms with Crippen molar-refractivity contribution in [3.05, 3.63) is 29.5 Å². The number of likely N-dealkylation sites (tertiary alicyclic amines) is 1. The van der Waals surface area contributed by atoms with Crippen LogP contribution in [0.2, 0.25) is 0 Å². The number of amidine groups is 1. The standard InChI is InChI=1S/C22H34N6O/c1-14(2)6-12-28-18-13-16(21(25)26)3-4-17(18)19(24)20(28)22(29)27-10-7-15(5-9-23)8-11-27/h3-4,13-15H,5-12,23-24H2,1-2H3,(H3,25,26). The predicted octanol–water partition coefficient (Wildman–Crippen LogP) is 2.75. The molecule has 7 heteroatoms. The third kappa shape index (κ3) is 4.40. The van der Waals surface area contributed by atoms with Crippen molar-refractivity contribution in [2.24, 2.45) is 23.3 Å². The van der Waals surface area contributed by atoms with E-state index in [2.05, 4.69) is 13.8 Å². The smallest absolute Gasteiger partial charge is 0.272 e. The number of piperidine rings is 1. The molecule has 0 unspecified atom stereocenters. The molecule has 0 atom stereocenters. The second kappa shape index (κ2) is 8.86. The van der Waals surface area contributed by atoms with Crippen LogP contribution in [-0.4, -0.2) is 40.8 Å². The number of benzene rings is 1. The topological polar surface area (TPSA) is 127 Å². The first-order valence-corrected chi connectivity index (χ1v) is 10.6. The number of nitrogens with two attached hydrogens (primary N) is 3. The van der Waals surface area contributed by atoms with Crippen molar-refractivity contribution in [2.75, 3.05) is 25.4 Å². The van der Waals surface area contributed by atoms with Crippen LogP contribution in [0.4, 0.5) is 5.69 Å². The highest BCUT2D eigenvalue weighted by Gasteiger charge is 2.28. The summed E-state index contributed by atoms with van der Waals surface area (Å²) in [4.78, 5) is 15.4. The fourth-order valence-corrected chi connectivity index (χ4v) is 4.20. The lowest BCUT2D eigenvalue weighted by molar-refractivity contribution is 0.0678. The van der Waals surface area contributed by atoms with Gasteiger partial charge in [0, 0.05) is 30.6 Å². The van der Waals surface area contributed by atoms with E-state index in [1.807, 2.05) is 21.6 Å². The molecule has 158 valence electrons. The molecule has 0 spiro atoms. The number of hydrogen-bond donors (Lipinski definition) is 4. The minimum atomic E-state index is -0.00182. The number of hydrogen-bond acceptors (Lipinski definition) is 4. The number of fused-ring (bicyclic) bond motifs is 1. The van der Waals surface area contributed by atoms with E-state index in [4.69, 9.17) is 22.6 Å². The molecular weight excluding hydrogens is 364 g/mol. The number of nitrogens with zero attached hydrogens (tertiary/aromatic N) is 2. The van der Waals surface area contributed by atoms with Crippen LogP contribution in [0.1, 0.15) is 55.6 Å². The number of carbonyl (C=O) groups is 1. The van der Waals surface area contributed by atoms with Gasteiger partial charge in [0.15, 0.2) is 0 Å². The average Bonchev–Trinajstić information content (AvgIpc) is 2.98. The zero-order valence-corrected chi connectivity index (χ0v) is 17.6. The Morgan fingerprint density at radius 3 is 2.55 bits per heavy atom. The first-order chi connectivity index (χ1) is 13.8. The third-order valence-corrected chi connectivity index (χ3v) is 6.02. The summed E-state index contributed by atoms with van der Waals surface area (Å²) in [5, 5.41) is 8.61. The SMILES string of the molecule is CC(C)CCn1c(C(=O)N2CCC(CCN)CC2)c(N)c2ccc(C(=N)N)cc21. The van der Waals surface area contributed by atoms with Crippen molar-refractivity contribution in [3.8, 4) is 0 Å². The summed E-state index contributed by atoms with van der Waals surface area (Å²) in [7, 11) is 0. The van der Waals surface area contributed by atoms with E-state index in [9.17, 15) is 4.79 Å². The van der Waals surface area contributed by atoms with Gasteiger partial charge in [-0.2, -0.15) is 0 Å². The number of anilines is 1. The molecule has 1 aromatic carbocycles. The van der Waals surface area contributed by atoms with Gasteiger partial charge < -0.3 is 26.7 Å². The van der Waals surface area contributed by atoms with Gasteiger partial charge in [-0.1, -0.05) is 19.9 Å². The van der Waals surface area contributed by atoms with Crippen LogP contribution >= 0.6 is 0 Å². The zero-order chi connectivity index (χ0) is 21.1. The Labute approximate surface area is 172 Å². The summed E-state index contributed by atoms with van der Waals surface area (Å²) in [6.07, 6.45) is 3.94. The minimum Gasteiger partial charge on any atom is -0.396 e. The maximum Gasteiger partial charge on any atom is 0.272 e. The van der Waals surface area contributed by atoms with Crippen LogP contribution in [0.25, 0.3) is 10.9 Å². The highest BCUT2D eigenvalue weighted by atomic mass is 16.2. The molecule has 29 heavy (non-hydrogen) atoms. The fourth-order valence-electron chi connectivity index (χ4n) is 4.20. The molecule has 0 saturated carbocycles. The van der Waals surface area contributed by atoms with Crippen LogP contribution in [0.15, 0.2) is 18.2 Å². The Morgan fingerprint density at radius 2 is 1.97 bits per heavy atom. The Morgan fingerprint density at radius 1 is 1.28 bits per heavy atom. The van der Waals surface area contributed by atoms with E-state index in [1.54, 1.807) is 6.07 Å². The van der Waals surface area contributed by atoms with E-state index in [0.29, 0.717) is 41.9 Å². The van der Waals surface area contributed by atoms with Gasteiger partial charge in [0.25, 0.3) is 5.91 Å². The number of nitrogen functional groups attached to an aromatic ring is 2. The Hall–Kier alpha value is -2.54. The van der Waals surface area contributed by atoms with Crippen LogP contribution in [-0.2, 0) is 6.54 Å². The molecule has 1 aliphatic rings. The highest BCUT2D eigenvalue weighted by Crippen LogP contribution is 2.32. The van der Waals surface area contributed by atoms with Crippen LogP contribution in [0.3, 0.4) is 0 Å². The van der Waals surface area contributed by atoms with Gasteiger partial charge in [0.2, 0.25) is 0 Å². The molecule has 7 N–H and O–H groups in total. The lowest BCUT2D eigenvalue weighted by atomic mass is 9.93. The second-order valence-electron chi connectivity index (χ2n) is 8.55. The average molecular weight is 399 g/mol. The number of amides is 1. The molecule has 0 bridgehead atoms. The van der Waals surface area contributed by atoms with Gasteiger partial charge in [-0.15, -0.1) is 0 Å². The van der Waals surface area contributed by atoms with E-state index in [-0.39, 0.29) is 11.7 Å². The van der Waals surface area contributed by atoms with E-state index in [1.165, 1.54) is 0 Å². The largest absolute Gasteiger partial charge is 0.396 e. The molecule has 0 radical (unpaired) electrons. The first kappa shape index (κ1) is 21.2. The molecular formula is C22H34N6O. The van der Waals surface area contributed by atoms with Crippen molar-refractivity contribution in [1.82, 2.24) is 9.47 Å². The third-order valence-electron chi connectivity index (χ3n) is 6.02. The summed E-state index contributed by atoms with van der Waals surface area (Å²) in [5.41, 5.74) is 20.5. The molecule has 1 aromatic heterocycles. The maximum atomic E-state index is 13.5. The Bertz CT molecular complexity index is 892. The fraction of sp³-hybridized carbons (Fsp3) is 0.545. The molecule has 7 nitrogen and oxygen atoms in total. The molecule has 2 heterocycles. The van der Waals surface area contributed by atoms with E-state index < -0.39 is 0 Å². The normalized spacial score (nSPS) is 15.4. The maximum absolute atomic E-state index is 13.5. The number of nitrogens with one attached hydrogen (secondary N) is 1. The number of rotatable bonds is 7. The van der Waals surface area contributed by atoms with Crippen LogP contribution in [0.5, 0.6) is 0 Å². The van der Waals surface area contributed by atoms with Crippen LogP contribution in [0, 0.1) is 17.2 Å². The van der Waals surface area contributed by atoms with Gasteiger partial charge in [-0.05, 0) is 56.2 Å². The minimum absolute atomic E-state index is 0.00182.